The molecule has 0 fully saturated rings. The van der Waals surface area contributed by atoms with Crippen LogP contribution in [0.5, 0.6) is 5.75 Å². The van der Waals surface area contributed by atoms with Gasteiger partial charge in [0.1, 0.15) is 28.7 Å². The van der Waals surface area contributed by atoms with Crippen molar-refractivity contribution in [2.75, 3.05) is 12.0 Å². The van der Waals surface area contributed by atoms with Crippen LogP contribution < -0.4 is 15.8 Å². The Balaban J connectivity index is 1.63. The number of pyridine rings is 1. The number of Topliss-reactive ketones (excluding diaryl/α,β-unsaturated/α-hetero) is 1. The molecule has 1 aromatic carbocycles. The largest absolute Gasteiger partial charge is 0.493 e. The van der Waals surface area contributed by atoms with Gasteiger partial charge in [0.05, 0.1) is 18.8 Å². The lowest BCUT2D eigenvalue weighted by molar-refractivity contribution is 0.101. The number of aryl methyl sites for hydroxylation is 1. The minimum Gasteiger partial charge on any atom is -0.493 e. The number of ether oxygens (including phenoxy) is 1. The van der Waals surface area contributed by atoms with E-state index in [4.69, 9.17) is 4.74 Å². The Morgan fingerprint density at radius 1 is 1.31 bits per heavy atom. The van der Waals surface area contributed by atoms with Crippen LogP contribution in [0, 0.1) is 12.7 Å². The summed E-state index contributed by atoms with van der Waals surface area (Å²) in [5.74, 6) is 0.900. The van der Waals surface area contributed by atoms with Crippen LogP contribution in [-0.2, 0) is 20.0 Å². The van der Waals surface area contributed by atoms with Crippen molar-refractivity contribution >= 4 is 24.0 Å². The number of halogens is 1. The monoisotopic (exact) mass is 473 g/mol. The molecule has 0 radical (unpaired) electrons. The second kappa shape index (κ2) is 8.79. The number of carbonyl (C=O) groups is 1. The molecule has 9 nitrogen and oxygen atoms in total. The SMILES string of the molecule is C=NNc1c(-c2cccn3c(C(C)=O)c(C)nc23)cnc(=NCc2c(F)ccc3c2CCO3)n1C. The van der Waals surface area contributed by atoms with Gasteiger partial charge in [-0.1, -0.05) is 0 Å². The van der Waals surface area contributed by atoms with Gasteiger partial charge in [-0.3, -0.25) is 19.2 Å². The average molecular weight is 474 g/mol. The summed E-state index contributed by atoms with van der Waals surface area (Å²) >= 11 is 0. The molecule has 35 heavy (non-hydrogen) atoms. The van der Waals surface area contributed by atoms with Crippen molar-refractivity contribution in [2.45, 2.75) is 26.8 Å². The highest BCUT2D eigenvalue weighted by Crippen LogP contribution is 2.32. The highest BCUT2D eigenvalue weighted by Gasteiger charge is 2.20. The summed E-state index contributed by atoms with van der Waals surface area (Å²) < 4.78 is 23.6. The van der Waals surface area contributed by atoms with E-state index in [1.807, 2.05) is 25.3 Å². The number of hydrogen-bond acceptors (Lipinski definition) is 7. The fourth-order valence-corrected chi connectivity index (χ4v) is 4.56. The summed E-state index contributed by atoms with van der Waals surface area (Å²) in [7, 11) is 1.79. The van der Waals surface area contributed by atoms with Gasteiger partial charge in [0.2, 0.25) is 5.62 Å². The Labute approximate surface area is 200 Å². The van der Waals surface area contributed by atoms with Crippen LogP contribution in [0.4, 0.5) is 10.2 Å². The number of imidazole rings is 1. The van der Waals surface area contributed by atoms with Crippen LogP contribution >= 0.6 is 0 Å². The third kappa shape index (κ3) is 3.76. The molecule has 10 heteroatoms. The van der Waals surface area contributed by atoms with Gasteiger partial charge in [-0.2, -0.15) is 5.10 Å². The van der Waals surface area contributed by atoms with Crippen molar-refractivity contribution in [3.8, 4) is 16.9 Å². The molecule has 0 bridgehead atoms. The van der Waals surface area contributed by atoms with E-state index in [1.54, 1.807) is 28.3 Å². The van der Waals surface area contributed by atoms with E-state index >= 15 is 0 Å². The number of ketones is 1. The van der Waals surface area contributed by atoms with Crippen molar-refractivity contribution < 1.29 is 13.9 Å². The standard InChI is InChI=1S/C25H24FN7O2/c1-14-22(15(2)34)33-10-5-6-17(23(33)30-14)19-13-29-25(32(4)24(19)31-27-3)28-12-18-16-9-11-35-21(16)8-7-20(18)26/h5-8,10,13,31H,3,9,11-12H2,1-2,4H3. The van der Waals surface area contributed by atoms with E-state index in [-0.39, 0.29) is 18.1 Å². The van der Waals surface area contributed by atoms with Crippen LogP contribution in [0.3, 0.4) is 0 Å². The van der Waals surface area contributed by atoms with Crippen molar-refractivity contribution in [3.05, 3.63) is 70.6 Å². The fraction of sp³-hybridized carbons (Fsp3) is 0.240. The minimum absolute atomic E-state index is 0.0684. The van der Waals surface area contributed by atoms with Crippen molar-refractivity contribution in [2.24, 2.45) is 17.1 Å². The van der Waals surface area contributed by atoms with E-state index in [1.165, 1.54) is 13.0 Å². The van der Waals surface area contributed by atoms with Crippen molar-refractivity contribution in [1.82, 2.24) is 18.9 Å². The normalized spacial score (nSPS) is 13.1. The third-order valence-electron chi connectivity index (χ3n) is 6.15. The van der Waals surface area contributed by atoms with Crippen LogP contribution in [0.15, 0.2) is 46.8 Å². The number of nitrogens with zero attached hydrogens (tertiary/aromatic N) is 6. The molecule has 0 saturated carbocycles. The summed E-state index contributed by atoms with van der Waals surface area (Å²) in [5.41, 5.74) is 7.92. The maximum Gasteiger partial charge on any atom is 0.226 e. The van der Waals surface area contributed by atoms with E-state index in [0.717, 1.165) is 11.1 Å². The second-order valence-electron chi connectivity index (χ2n) is 8.28. The summed E-state index contributed by atoms with van der Waals surface area (Å²) in [6, 6.07) is 6.81. The molecule has 0 saturated heterocycles. The van der Waals surface area contributed by atoms with Gasteiger partial charge in [-0.25, -0.2) is 19.4 Å². The molecule has 0 atom stereocenters. The third-order valence-corrected chi connectivity index (χ3v) is 6.15. The first kappa shape index (κ1) is 22.5. The highest BCUT2D eigenvalue weighted by atomic mass is 19.1. The van der Waals surface area contributed by atoms with Crippen molar-refractivity contribution in [3.63, 3.8) is 0 Å². The first-order valence-electron chi connectivity index (χ1n) is 11.1. The van der Waals surface area contributed by atoms with E-state index in [2.05, 4.69) is 32.2 Å². The predicted molar refractivity (Wildman–Crippen MR) is 130 cm³/mol. The Bertz CT molecular complexity index is 1570. The number of anilines is 1. The number of nitrogens with one attached hydrogen (secondary N) is 1. The zero-order valence-electron chi connectivity index (χ0n) is 19.7. The summed E-state index contributed by atoms with van der Waals surface area (Å²) in [6.45, 7) is 7.54. The summed E-state index contributed by atoms with van der Waals surface area (Å²) in [6.07, 6.45) is 4.12. The van der Waals surface area contributed by atoms with Crippen LogP contribution in [0.25, 0.3) is 16.8 Å². The molecular formula is C25H24FN7O2. The Morgan fingerprint density at radius 3 is 2.91 bits per heavy atom. The fourth-order valence-electron chi connectivity index (χ4n) is 4.56. The van der Waals surface area contributed by atoms with Gasteiger partial charge in [0, 0.05) is 61.8 Å². The van der Waals surface area contributed by atoms with Gasteiger partial charge in [0.25, 0.3) is 0 Å². The maximum atomic E-state index is 14.6. The van der Waals surface area contributed by atoms with E-state index in [9.17, 15) is 9.18 Å². The topological polar surface area (TPSA) is 98.2 Å². The molecule has 4 heterocycles. The smallest absolute Gasteiger partial charge is 0.226 e. The van der Waals surface area contributed by atoms with Crippen LogP contribution in [0.1, 0.15) is 34.2 Å². The molecule has 0 aliphatic carbocycles. The zero-order valence-corrected chi connectivity index (χ0v) is 19.7. The molecule has 4 aromatic rings. The Morgan fingerprint density at radius 2 is 2.14 bits per heavy atom. The van der Waals surface area contributed by atoms with Gasteiger partial charge in [0.15, 0.2) is 5.78 Å². The molecule has 1 aliphatic rings. The van der Waals surface area contributed by atoms with E-state index < -0.39 is 0 Å². The molecule has 1 aliphatic heterocycles. The Hall–Kier alpha value is -4.34. The lowest BCUT2D eigenvalue weighted by Crippen LogP contribution is -2.24. The van der Waals surface area contributed by atoms with Gasteiger partial charge >= 0.3 is 0 Å². The lowest BCUT2D eigenvalue weighted by Gasteiger charge is -2.14. The minimum atomic E-state index is -0.314. The molecule has 0 amide bonds. The Kier molecular flexibility index (Phi) is 5.64. The first-order chi connectivity index (χ1) is 16.9. The predicted octanol–water partition coefficient (Wildman–Crippen LogP) is 3.45. The molecule has 178 valence electrons. The number of carbonyl (C=O) groups excluding carboxylic acids is 1. The van der Waals surface area contributed by atoms with Crippen LogP contribution in [-0.4, -0.2) is 38.0 Å². The number of rotatable bonds is 6. The number of benzene rings is 1. The average Bonchev–Trinajstić information content (AvgIpc) is 3.44. The number of hydrogen-bond donors (Lipinski definition) is 1. The van der Waals surface area contributed by atoms with Gasteiger partial charge in [-0.15, -0.1) is 0 Å². The molecular weight excluding hydrogens is 449 g/mol. The number of hydrazone groups is 1. The maximum absolute atomic E-state index is 14.6. The number of fused-ring (bicyclic) bond motifs is 2. The van der Waals surface area contributed by atoms with Crippen molar-refractivity contribution in [1.29, 1.82) is 0 Å². The second-order valence-corrected chi connectivity index (χ2v) is 8.28. The molecule has 0 unspecified atom stereocenters. The summed E-state index contributed by atoms with van der Waals surface area (Å²) in [4.78, 5) is 25.9. The molecule has 3 aromatic heterocycles. The van der Waals surface area contributed by atoms with Crippen LogP contribution in [0.2, 0.25) is 0 Å². The first-order valence-corrected chi connectivity index (χ1v) is 11.1. The van der Waals surface area contributed by atoms with Gasteiger partial charge < -0.3 is 4.74 Å². The summed E-state index contributed by atoms with van der Waals surface area (Å²) in [5, 5.41) is 3.86. The molecule has 1 N–H and O–H groups in total. The van der Waals surface area contributed by atoms with E-state index in [0.29, 0.717) is 58.4 Å². The number of aromatic nitrogens is 4. The quantitative estimate of drug-likeness (QED) is 0.263. The van der Waals surface area contributed by atoms with Gasteiger partial charge in [-0.05, 0) is 31.2 Å². The lowest BCUT2D eigenvalue weighted by atomic mass is 10.0. The molecule has 0 spiro atoms. The molecule has 5 rings (SSSR count). The highest BCUT2D eigenvalue weighted by molar-refractivity contribution is 5.96. The zero-order chi connectivity index (χ0) is 24.7.